The van der Waals surface area contributed by atoms with Crippen molar-refractivity contribution >= 4 is 58.1 Å². The number of nitrogens with zero attached hydrogens (tertiary/aromatic N) is 2. The summed E-state index contributed by atoms with van der Waals surface area (Å²) < 4.78 is 10.8. The molecule has 0 radical (unpaired) electrons. The van der Waals surface area contributed by atoms with Crippen molar-refractivity contribution in [3.8, 4) is 11.5 Å². The van der Waals surface area contributed by atoms with Gasteiger partial charge in [0, 0.05) is 55.5 Å². The van der Waals surface area contributed by atoms with Crippen LogP contribution in [0, 0.1) is 0 Å². The summed E-state index contributed by atoms with van der Waals surface area (Å²) in [4.78, 5) is 18.9. The van der Waals surface area contributed by atoms with Gasteiger partial charge in [-0.1, -0.05) is 0 Å². The topological polar surface area (TPSA) is 63.7 Å². The van der Waals surface area contributed by atoms with E-state index in [1.54, 1.807) is 26.5 Å². The van der Waals surface area contributed by atoms with Crippen LogP contribution in [0.3, 0.4) is 0 Å². The van der Waals surface area contributed by atoms with Gasteiger partial charge in [-0.3, -0.25) is 9.78 Å². The fourth-order valence-corrected chi connectivity index (χ4v) is 3.18. The summed E-state index contributed by atoms with van der Waals surface area (Å²) in [6.07, 6.45) is 2.00. The van der Waals surface area contributed by atoms with Crippen molar-refractivity contribution in [2.45, 2.75) is 6.42 Å². The molecule has 0 unspecified atom stereocenters. The van der Waals surface area contributed by atoms with E-state index in [-0.39, 0.29) is 18.3 Å². The Hall–Kier alpha value is -1.47. The zero-order chi connectivity index (χ0) is 18.9. The molecular weight excluding hydrogens is 413 g/mol. The number of hydrogen-bond donors (Lipinski definition) is 1. The Morgan fingerprint density at radius 3 is 2.48 bits per heavy atom. The number of carbonyl (C=O) groups excluding carboxylic acids is 1. The summed E-state index contributed by atoms with van der Waals surface area (Å²) in [6, 6.07) is 5.41. The summed E-state index contributed by atoms with van der Waals surface area (Å²) in [7, 11) is 3.13. The van der Waals surface area contributed by atoms with Crippen molar-refractivity contribution in [2.24, 2.45) is 0 Å². The van der Waals surface area contributed by atoms with Crippen LogP contribution in [0.4, 0.5) is 5.69 Å². The predicted octanol–water partition coefficient (Wildman–Crippen LogP) is 3.78. The van der Waals surface area contributed by atoms with Gasteiger partial charge >= 0.3 is 0 Å². The van der Waals surface area contributed by atoms with Crippen LogP contribution in [0.1, 0.15) is 6.42 Å². The van der Waals surface area contributed by atoms with Gasteiger partial charge in [0.1, 0.15) is 0 Å². The number of nitrogens with one attached hydrogen (secondary N) is 1. The van der Waals surface area contributed by atoms with Crippen LogP contribution in [-0.4, -0.2) is 61.4 Å². The normalized spacial score (nSPS) is 10.6. The monoisotopic (exact) mass is 435 g/mol. The van der Waals surface area contributed by atoms with Crippen LogP contribution in [0.15, 0.2) is 24.4 Å². The molecule has 0 spiro atoms. The molecule has 1 amide bonds. The molecule has 0 aliphatic heterocycles. The van der Waals surface area contributed by atoms with Crippen molar-refractivity contribution in [3.63, 3.8) is 0 Å². The highest BCUT2D eigenvalue weighted by Gasteiger charge is 2.16. The van der Waals surface area contributed by atoms with Crippen LogP contribution >= 0.6 is 35.6 Å². The average molecular weight is 437 g/mol. The van der Waals surface area contributed by atoms with Gasteiger partial charge in [0.05, 0.1) is 25.4 Å². The molecule has 0 saturated heterocycles. The highest BCUT2D eigenvalue weighted by molar-refractivity contribution is 6.18. The third-order valence-electron chi connectivity index (χ3n) is 3.96. The minimum Gasteiger partial charge on any atom is -0.493 e. The molecule has 6 nitrogen and oxygen atoms in total. The van der Waals surface area contributed by atoms with Crippen LogP contribution in [0.5, 0.6) is 11.5 Å². The average Bonchev–Trinajstić information content (AvgIpc) is 2.66. The molecule has 0 fully saturated rings. The first-order valence-corrected chi connectivity index (χ1v) is 9.35. The van der Waals surface area contributed by atoms with Gasteiger partial charge in [-0.05, 0) is 12.1 Å². The molecule has 27 heavy (non-hydrogen) atoms. The SMILES string of the molecule is COc1cc(NC(=O)CCN(CCCl)CCCl)c2ncccc2c1OC.Cl. The van der Waals surface area contributed by atoms with Gasteiger partial charge in [-0.15, -0.1) is 35.6 Å². The van der Waals surface area contributed by atoms with E-state index in [2.05, 4.69) is 15.2 Å². The van der Waals surface area contributed by atoms with Crippen molar-refractivity contribution in [3.05, 3.63) is 24.4 Å². The lowest BCUT2D eigenvalue weighted by atomic mass is 10.1. The Labute approximate surface area is 175 Å². The number of ether oxygens (including phenoxy) is 2. The molecule has 1 N–H and O–H groups in total. The molecule has 2 aromatic rings. The number of halogens is 3. The zero-order valence-corrected chi connectivity index (χ0v) is 17.7. The maximum absolute atomic E-state index is 12.4. The standard InChI is InChI=1S/C18H23Cl2N3O3.ClH/c1-25-15-12-14(17-13(18(15)26-2)4-3-8-21-17)22-16(24)5-9-23(10-6-19)11-7-20;/h3-4,8,12H,5-7,9-11H2,1-2H3,(H,22,24);1H. The number of hydrogen-bond acceptors (Lipinski definition) is 5. The fourth-order valence-electron chi connectivity index (χ4n) is 2.71. The van der Waals surface area contributed by atoms with Gasteiger partial charge in [-0.25, -0.2) is 0 Å². The van der Waals surface area contributed by atoms with Crippen LogP contribution in [0.25, 0.3) is 10.9 Å². The van der Waals surface area contributed by atoms with E-state index in [4.69, 9.17) is 32.7 Å². The fraction of sp³-hybridized carbons (Fsp3) is 0.444. The van der Waals surface area contributed by atoms with Gasteiger partial charge in [0.2, 0.25) is 5.91 Å². The van der Waals surface area contributed by atoms with Gasteiger partial charge in [0.15, 0.2) is 11.5 Å². The number of rotatable bonds is 10. The number of amides is 1. The second-order valence-corrected chi connectivity index (χ2v) is 6.33. The van der Waals surface area contributed by atoms with Crippen LogP contribution < -0.4 is 14.8 Å². The minimum absolute atomic E-state index is 0. The predicted molar refractivity (Wildman–Crippen MR) is 113 cm³/mol. The number of carbonyl (C=O) groups is 1. The number of fused-ring (bicyclic) bond motifs is 1. The van der Waals surface area contributed by atoms with E-state index in [1.165, 1.54) is 0 Å². The van der Waals surface area contributed by atoms with E-state index in [0.29, 0.717) is 60.5 Å². The molecule has 0 atom stereocenters. The molecule has 0 aliphatic carbocycles. The minimum atomic E-state index is -0.113. The van der Waals surface area contributed by atoms with Crippen molar-refractivity contribution < 1.29 is 14.3 Å². The van der Waals surface area contributed by atoms with E-state index in [0.717, 1.165) is 5.39 Å². The molecule has 2 rings (SSSR count). The number of aromatic nitrogens is 1. The van der Waals surface area contributed by atoms with E-state index >= 15 is 0 Å². The second kappa shape index (κ2) is 12.1. The Kier molecular flexibility index (Phi) is 10.5. The van der Waals surface area contributed by atoms with Gasteiger partial charge < -0.3 is 19.7 Å². The lowest BCUT2D eigenvalue weighted by molar-refractivity contribution is -0.116. The van der Waals surface area contributed by atoms with Crippen molar-refractivity contribution in [1.29, 1.82) is 0 Å². The summed E-state index contributed by atoms with van der Waals surface area (Å²) in [5.74, 6) is 2.02. The van der Waals surface area contributed by atoms with Crippen LogP contribution in [-0.2, 0) is 4.79 Å². The van der Waals surface area contributed by atoms with Gasteiger partial charge in [0.25, 0.3) is 0 Å². The Morgan fingerprint density at radius 1 is 1.19 bits per heavy atom. The number of pyridine rings is 1. The Morgan fingerprint density at radius 2 is 1.89 bits per heavy atom. The first-order valence-electron chi connectivity index (χ1n) is 8.28. The first kappa shape index (κ1) is 23.6. The summed E-state index contributed by atoms with van der Waals surface area (Å²) in [5, 5.41) is 3.69. The van der Waals surface area contributed by atoms with E-state index in [1.807, 2.05) is 12.1 Å². The molecule has 150 valence electrons. The number of benzene rings is 1. The third kappa shape index (κ3) is 6.28. The highest BCUT2D eigenvalue weighted by atomic mass is 35.5. The van der Waals surface area contributed by atoms with Crippen LogP contribution in [0.2, 0.25) is 0 Å². The molecule has 1 heterocycles. The van der Waals surface area contributed by atoms with Crippen molar-refractivity contribution in [2.75, 3.05) is 50.9 Å². The molecule has 0 bridgehead atoms. The van der Waals surface area contributed by atoms with Crippen molar-refractivity contribution in [1.82, 2.24) is 9.88 Å². The molecule has 1 aromatic carbocycles. The molecular formula is C18H24Cl3N3O3. The third-order valence-corrected chi connectivity index (χ3v) is 4.30. The van der Waals surface area contributed by atoms with E-state index in [9.17, 15) is 4.79 Å². The Bertz CT molecular complexity index is 740. The van der Waals surface area contributed by atoms with Gasteiger partial charge in [-0.2, -0.15) is 0 Å². The van der Waals surface area contributed by atoms with E-state index < -0.39 is 0 Å². The summed E-state index contributed by atoms with van der Waals surface area (Å²) >= 11 is 11.6. The lowest BCUT2D eigenvalue weighted by Crippen LogP contribution is -2.31. The molecule has 9 heteroatoms. The molecule has 0 aliphatic rings. The summed E-state index contributed by atoms with van der Waals surface area (Å²) in [5.41, 5.74) is 1.24. The maximum atomic E-state index is 12.4. The number of alkyl halides is 2. The largest absolute Gasteiger partial charge is 0.493 e. The smallest absolute Gasteiger partial charge is 0.225 e. The second-order valence-electron chi connectivity index (χ2n) is 5.58. The lowest BCUT2D eigenvalue weighted by Gasteiger charge is -2.20. The number of methoxy groups -OCH3 is 2. The quantitative estimate of drug-likeness (QED) is 0.574. The maximum Gasteiger partial charge on any atom is 0.225 e. The zero-order valence-electron chi connectivity index (χ0n) is 15.3. The Balaban J connectivity index is 0.00000364. The summed E-state index contributed by atoms with van der Waals surface area (Å²) in [6.45, 7) is 1.98. The highest BCUT2D eigenvalue weighted by Crippen LogP contribution is 2.39. The molecule has 0 saturated carbocycles. The molecule has 1 aromatic heterocycles. The first-order chi connectivity index (χ1) is 12.6. The number of anilines is 1.